The van der Waals surface area contributed by atoms with Crippen LogP contribution in [-0.2, 0) is 0 Å². The predicted molar refractivity (Wildman–Crippen MR) is 122 cm³/mol. The van der Waals surface area contributed by atoms with E-state index in [4.69, 9.17) is 5.73 Å². The van der Waals surface area contributed by atoms with Crippen LogP contribution < -0.4 is 21.3 Å². The van der Waals surface area contributed by atoms with E-state index < -0.39 is 5.91 Å². The molecule has 31 heavy (non-hydrogen) atoms. The molecule has 0 radical (unpaired) electrons. The molecule has 160 valence electrons. The number of piperidine rings is 1. The van der Waals surface area contributed by atoms with E-state index in [1.165, 1.54) is 6.20 Å². The SMILES string of the molecule is Cc1cccc(Nc2nc(Nc3ccc(N4CCC(O)CC4)cc3)ncc2C(N)=O)c1. The third-order valence-electron chi connectivity index (χ3n) is 5.29. The van der Waals surface area contributed by atoms with Crippen LogP contribution >= 0.6 is 0 Å². The Kier molecular flexibility index (Phi) is 5.99. The van der Waals surface area contributed by atoms with Crippen molar-refractivity contribution in [2.24, 2.45) is 5.73 Å². The maximum Gasteiger partial charge on any atom is 0.254 e. The minimum absolute atomic E-state index is 0.194. The van der Waals surface area contributed by atoms with Gasteiger partial charge in [0.1, 0.15) is 11.4 Å². The van der Waals surface area contributed by atoms with Gasteiger partial charge in [0.15, 0.2) is 0 Å². The molecule has 1 saturated heterocycles. The van der Waals surface area contributed by atoms with E-state index in [-0.39, 0.29) is 11.7 Å². The van der Waals surface area contributed by atoms with Crippen molar-refractivity contribution in [2.45, 2.75) is 25.9 Å². The van der Waals surface area contributed by atoms with Crippen LogP contribution in [0, 0.1) is 6.92 Å². The largest absolute Gasteiger partial charge is 0.393 e. The molecule has 1 aromatic heterocycles. The van der Waals surface area contributed by atoms with Gasteiger partial charge in [-0.25, -0.2) is 4.98 Å². The number of hydrogen-bond donors (Lipinski definition) is 4. The normalized spacial score (nSPS) is 14.3. The van der Waals surface area contributed by atoms with Crippen LogP contribution in [-0.4, -0.2) is 40.2 Å². The van der Waals surface area contributed by atoms with Crippen LogP contribution in [0.5, 0.6) is 0 Å². The average molecular weight is 419 g/mol. The highest BCUT2D eigenvalue weighted by molar-refractivity contribution is 5.98. The number of aryl methyl sites for hydroxylation is 1. The first-order valence-electron chi connectivity index (χ1n) is 10.3. The maximum atomic E-state index is 11.8. The molecule has 4 rings (SSSR count). The number of carbonyl (C=O) groups is 1. The summed E-state index contributed by atoms with van der Waals surface area (Å²) in [6.07, 6.45) is 2.80. The summed E-state index contributed by atoms with van der Waals surface area (Å²) in [6.45, 7) is 3.68. The van der Waals surface area contributed by atoms with Crippen molar-refractivity contribution in [2.75, 3.05) is 28.6 Å². The van der Waals surface area contributed by atoms with E-state index in [1.54, 1.807) is 0 Å². The molecule has 1 fully saturated rings. The fourth-order valence-electron chi connectivity index (χ4n) is 3.59. The number of aliphatic hydroxyl groups excluding tert-OH is 1. The van der Waals surface area contributed by atoms with Gasteiger partial charge >= 0.3 is 0 Å². The highest BCUT2D eigenvalue weighted by atomic mass is 16.3. The van der Waals surface area contributed by atoms with Crippen molar-refractivity contribution in [3.63, 3.8) is 0 Å². The summed E-state index contributed by atoms with van der Waals surface area (Å²) in [5, 5.41) is 16.0. The van der Waals surface area contributed by atoms with Crippen LogP contribution in [0.25, 0.3) is 0 Å². The highest BCUT2D eigenvalue weighted by Gasteiger charge is 2.17. The molecule has 1 amide bonds. The molecule has 1 aliphatic heterocycles. The number of hydrogen-bond acceptors (Lipinski definition) is 7. The lowest BCUT2D eigenvalue weighted by molar-refractivity contribution is 0.100. The number of carbonyl (C=O) groups excluding carboxylic acids is 1. The van der Waals surface area contributed by atoms with Crippen LogP contribution in [0.3, 0.4) is 0 Å². The number of nitrogens with two attached hydrogens (primary N) is 1. The second-order valence-electron chi connectivity index (χ2n) is 7.70. The molecule has 8 nitrogen and oxygen atoms in total. The smallest absolute Gasteiger partial charge is 0.254 e. The molecule has 0 unspecified atom stereocenters. The second-order valence-corrected chi connectivity index (χ2v) is 7.70. The minimum atomic E-state index is -0.599. The minimum Gasteiger partial charge on any atom is -0.393 e. The van der Waals surface area contributed by atoms with Gasteiger partial charge in [-0.15, -0.1) is 0 Å². The van der Waals surface area contributed by atoms with Crippen molar-refractivity contribution in [3.8, 4) is 0 Å². The zero-order valence-corrected chi connectivity index (χ0v) is 17.4. The Hall–Kier alpha value is -3.65. The Labute approximate surface area is 181 Å². The Morgan fingerprint density at radius 2 is 1.84 bits per heavy atom. The van der Waals surface area contributed by atoms with Gasteiger partial charge < -0.3 is 26.4 Å². The lowest BCUT2D eigenvalue weighted by Crippen LogP contribution is -2.35. The van der Waals surface area contributed by atoms with E-state index >= 15 is 0 Å². The molecular weight excluding hydrogens is 392 g/mol. The topological polar surface area (TPSA) is 116 Å². The Bertz CT molecular complexity index is 1060. The number of aromatic nitrogens is 2. The summed E-state index contributed by atoms with van der Waals surface area (Å²) in [7, 11) is 0. The molecule has 8 heteroatoms. The number of aliphatic hydroxyl groups is 1. The van der Waals surface area contributed by atoms with Gasteiger partial charge in [-0.1, -0.05) is 12.1 Å². The van der Waals surface area contributed by atoms with Gasteiger partial charge in [-0.05, 0) is 61.7 Å². The quantitative estimate of drug-likeness (QED) is 0.485. The zero-order valence-electron chi connectivity index (χ0n) is 17.4. The Balaban J connectivity index is 1.51. The molecule has 3 aromatic rings. The van der Waals surface area contributed by atoms with Crippen LogP contribution in [0.1, 0.15) is 28.8 Å². The van der Waals surface area contributed by atoms with Gasteiger partial charge in [0.2, 0.25) is 5.95 Å². The number of anilines is 5. The van der Waals surface area contributed by atoms with E-state index in [0.717, 1.165) is 48.6 Å². The number of amides is 1. The molecule has 5 N–H and O–H groups in total. The molecule has 0 atom stereocenters. The van der Waals surface area contributed by atoms with E-state index in [2.05, 4.69) is 25.5 Å². The summed E-state index contributed by atoms with van der Waals surface area (Å²) in [5.41, 5.74) is 9.55. The second kappa shape index (κ2) is 9.01. The molecule has 0 bridgehead atoms. The first-order chi connectivity index (χ1) is 15.0. The monoisotopic (exact) mass is 418 g/mol. The van der Waals surface area contributed by atoms with E-state index in [1.807, 2.05) is 55.5 Å². The first kappa shape index (κ1) is 20.6. The van der Waals surface area contributed by atoms with Crippen molar-refractivity contribution in [3.05, 3.63) is 65.9 Å². The number of benzene rings is 2. The summed E-state index contributed by atoms with van der Waals surface area (Å²) in [5.74, 6) is 0.103. The fraction of sp³-hybridized carbons (Fsp3) is 0.261. The molecule has 1 aliphatic rings. The van der Waals surface area contributed by atoms with Gasteiger partial charge in [-0.2, -0.15) is 4.98 Å². The third kappa shape index (κ3) is 5.10. The Morgan fingerprint density at radius 3 is 2.52 bits per heavy atom. The van der Waals surface area contributed by atoms with Gasteiger partial charge in [0.25, 0.3) is 5.91 Å². The molecule has 2 aromatic carbocycles. The Morgan fingerprint density at radius 1 is 1.10 bits per heavy atom. The molecule has 0 aliphatic carbocycles. The summed E-state index contributed by atoms with van der Waals surface area (Å²) < 4.78 is 0. The number of primary amides is 1. The molecule has 0 saturated carbocycles. The lowest BCUT2D eigenvalue weighted by Gasteiger charge is -2.31. The number of rotatable bonds is 6. The third-order valence-corrected chi connectivity index (χ3v) is 5.29. The van der Waals surface area contributed by atoms with Crippen molar-refractivity contribution in [1.29, 1.82) is 0 Å². The number of nitrogens with one attached hydrogen (secondary N) is 2. The maximum absolute atomic E-state index is 11.8. The van der Waals surface area contributed by atoms with Gasteiger partial charge in [-0.3, -0.25) is 4.79 Å². The summed E-state index contributed by atoms with van der Waals surface area (Å²) >= 11 is 0. The van der Waals surface area contributed by atoms with E-state index in [0.29, 0.717) is 11.8 Å². The van der Waals surface area contributed by atoms with Crippen LogP contribution in [0.4, 0.5) is 28.8 Å². The van der Waals surface area contributed by atoms with E-state index in [9.17, 15) is 9.90 Å². The predicted octanol–water partition coefficient (Wildman–Crippen LogP) is 3.33. The lowest BCUT2D eigenvalue weighted by atomic mass is 10.1. The molecule has 0 spiro atoms. The highest BCUT2D eigenvalue weighted by Crippen LogP contribution is 2.25. The van der Waals surface area contributed by atoms with Gasteiger partial charge in [0, 0.05) is 36.3 Å². The zero-order chi connectivity index (χ0) is 21.8. The molecular formula is C23H26N6O2. The van der Waals surface area contributed by atoms with Crippen molar-refractivity contribution in [1.82, 2.24) is 9.97 Å². The summed E-state index contributed by atoms with van der Waals surface area (Å²) in [6, 6.07) is 15.7. The summed E-state index contributed by atoms with van der Waals surface area (Å²) in [4.78, 5) is 22.8. The average Bonchev–Trinajstić information content (AvgIpc) is 2.75. The van der Waals surface area contributed by atoms with Crippen LogP contribution in [0.2, 0.25) is 0 Å². The standard InChI is InChI=1S/C23H26N6O2/c1-15-3-2-4-17(13-15)26-22-20(21(24)31)14-25-23(28-22)27-16-5-7-18(8-6-16)29-11-9-19(30)10-12-29/h2-8,13-14,19,30H,9-12H2,1H3,(H2,24,31)(H2,25,26,27,28). The van der Waals surface area contributed by atoms with Gasteiger partial charge in [0.05, 0.1) is 6.10 Å². The first-order valence-corrected chi connectivity index (χ1v) is 10.3. The van der Waals surface area contributed by atoms with Crippen LogP contribution in [0.15, 0.2) is 54.7 Å². The van der Waals surface area contributed by atoms with Crippen molar-refractivity contribution < 1.29 is 9.90 Å². The van der Waals surface area contributed by atoms with Crippen molar-refractivity contribution >= 4 is 34.7 Å². The number of nitrogens with zero attached hydrogens (tertiary/aromatic N) is 3. The fourth-order valence-corrected chi connectivity index (χ4v) is 3.59. The molecule has 2 heterocycles.